The molecule has 1 aliphatic rings. The molecule has 1 fully saturated rings. The number of carbonyl (C=O) groups excluding carboxylic acids is 2. The van der Waals surface area contributed by atoms with E-state index < -0.39 is 4.92 Å². The zero-order valence-corrected chi connectivity index (χ0v) is 17.1. The van der Waals surface area contributed by atoms with Gasteiger partial charge in [-0.25, -0.2) is 0 Å². The molecule has 3 rings (SSSR count). The summed E-state index contributed by atoms with van der Waals surface area (Å²) in [6.45, 7) is 3.01. The topological polar surface area (TPSA) is 92.6 Å². The highest BCUT2D eigenvalue weighted by molar-refractivity contribution is 5.85. The number of benzene rings is 2. The van der Waals surface area contributed by atoms with Crippen molar-refractivity contribution >= 4 is 17.5 Å². The molecule has 1 N–H and O–H groups in total. The number of hydrogen-bond acceptors (Lipinski definition) is 4. The molecule has 1 aliphatic heterocycles. The van der Waals surface area contributed by atoms with Crippen molar-refractivity contribution in [1.82, 2.24) is 10.2 Å². The Morgan fingerprint density at radius 3 is 2.47 bits per heavy atom. The van der Waals surface area contributed by atoms with Crippen molar-refractivity contribution in [1.29, 1.82) is 0 Å². The van der Waals surface area contributed by atoms with Crippen LogP contribution in [0.15, 0.2) is 54.6 Å². The number of likely N-dealkylation sites (N-methyl/N-ethyl adjacent to an activating group) is 1. The molecule has 1 atom stereocenters. The van der Waals surface area contributed by atoms with E-state index >= 15 is 0 Å². The van der Waals surface area contributed by atoms with E-state index in [2.05, 4.69) is 24.5 Å². The molecular weight excluding hydrogens is 384 g/mol. The summed E-state index contributed by atoms with van der Waals surface area (Å²) in [4.78, 5) is 36.7. The molecule has 0 radical (unpaired) electrons. The fourth-order valence-corrected chi connectivity index (χ4v) is 3.68. The lowest BCUT2D eigenvalue weighted by Crippen LogP contribution is -2.60. The van der Waals surface area contributed by atoms with Gasteiger partial charge < -0.3 is 14.7 Å². The smallest absolute Gasteiger partial charge is 0.278 e. The standard InChI is InChI=1S/C22H26N4O4/c1-26(16-19-5-3-2-4-6-19)14-13-24(22(28)17-26)15-21(27)23-12-11-18-7-9-20(10-8-18)25(29)30/h2-10H,11-17H2,1H3/p+1. The second-order valence-corrected chi connectivity index (χ2v) is 7.98. The Bertz CT molecular complexity index is 901. The van der Waals surface area contributed by atoms with Gasteiger partial charge in [0.2, 0.25) is 5.91 Å². The van der Waals surface area contributed by atoms with Crippen molar-refractivity contribution in [3.63, 3.8) is 0 Å². The summed E-state index contributed by atoms with van der Waals surface area (Å²) in [6.07, 6.45) is 0.573. The Balaban J connectivity index is 1.42. The molecule has 0 aromatic heterocycles. The summed E-state index contributed by atoms with van der Waals surface area (Å²) in [7, 11) is 2.08. The number of nitro benzene ring substituents is 1. The zero-order valence-electron chi connectivity index (χ0n) is 17.1. The van der Waals surface area contributed by atoms with Crippen molar-refractivity contribution in [2.24, 2.45) is 0 Å². The molecule has 30 heavy (non-hydrogen) atoms. The minimum atomic E-state index is -0.440. The van der Waals surface area contributed by atoms with E-state index in [0.717, 1.165) is 18.7 Å². The highest BCUT2D eigenvalue weighted by Gasteiger charge is 2.35. The number of piperazine rings is 1. The number of carbonyl (C=O) groups is 2. The molecule has 1 unspecified atom stereocenters. The van der Waals surface area contributed by atoms with Crippen LogP contribution in [0.1, 0.15) is 11.1 Å². The van der Waals surface area contributed by atoms with Gasteiger partial charge in [-0.3, -0.25) is 19.7 Å². The van der Waals surface area contributed by atoms with Gasteiger partial charge in [0.25, 0.3) is 11.6 Å². The van der Waals surface area contributed by atoms with E-state index in [0.29, 0.717) is 30.5 Å². The quantitative estimate of drug-likeness (QED) is 0.407. The number of non-ortho nitro benzene ring substituents is 1. The summed E-state index contributed by atoms with van der Waals surface area (Å²) in [5.74, 6) is -0.199. The second-order valence-electron chi connectivity index (χ2n) is 7.98. The lowest BCUT2D eigenvalue weighted by molar-refractivity contribution is -0.917. The minimum Gasteiger partial charge on any atom is -0.354 e. The predicted octanol–water partition coefficient (Wildman–Crippen LogP) is 1.74. The molecule has 2 aromatic carbocycles. The van der Waals surface area contributed by atoms with Gasteiger partial charge in [0.1, 0.15) is 6.54 Å². The number of amides is 2. The van der Waals surface area contributed by atoms with Crippen LogP contribution in [-0.2, 0) is 22.6 Å². The third-order valence-electron chi connectivity index (χ3n) is 5.40. The minimum absolute atomic E-state index is 0.00907. The molecule has 8 nitrogen and oxygen atoms in total. The largest absolute Gasteiger partial charge is 0.354 e. The van der Waals surface area contributed by atoms with Crippen molar-refractivity contribution in [2.75, 3.05) is 39.8 Å². The SMILES string of the molecule is C[N+]1(Cc2ccccc2)CCN(CC(=O)NCCc2ccc([N+](=O)[O-])cc2)C(=O)C1. The summed E-state index contributed by atoms with van der Waals surface area (Å²) in [5, 5.41) is 13.5. The van der Waals surface area contributed by atoms with Gasteiger partial charge in [-0.05, 0) is 12.0 Å². The van der Waals surface area contributed by atoms with Crippen LogP contribution in [0.2, 0.25) is 0 Å². The normalized spacial score (nSPS) is 18.8. The van der Waals surface area contributed by atoms with E-state index in [1.807, 2.05) is 18.2 Å². The summed E-state index contributed by atoms with van der Waals surface area (Å²) in [5.41, 5.74) is 2.15. The van der Waals surface area contributed by atoms with Crippen LogP contribution in [0.3, 0.4) is 0 Å². The molecule has 1 heterocycles. The summed E-state index contributed by atoms with van der Waals surface area (Å²) >= 11 is 0. The Kier molecular flexibility index (Phi) is 6.79. The maximum absolute atomic E-state index is 12.6. The molecule has 0 aliphatic carbocycles. The molecule has 0 bridgehead atoms. The maximum Gasteiger partial charge on any atom is 0.278 e. The number of rotatable bonds is 8. The lowest BCUT2D eigenvalue weighted by Gasteiger charge is -2.41. The molecule has 2 aromatic rings. The molecule has 158 valence electrons. The molecule has 2 amide bonds. The molecule has 0 saturated carbocycles. The van der Waals surface area contributed by atoms with Gasteiger partial charge in [-0.1, -0.05) is 42.5 Å². The first-order chi connectivity index (χ1) is 14.3. The van der Waals surface area contributed by atoms with Crippen LogP contribution < -0.4 is 5.32 Å². The van der Waals surface area contributed by atoms with Crippen LogP contribution >= 0.6 is 0 Å². The molecule has 1 saturated heterocycles. The van der Waals surface area contributed by atoms with Gasteiger partial charge in [0.05, 0.1) is 31.6 Å². The van der Waals surface area contributed by atoms with E-state index in [1.54, 1.807) is 17.0 Å². The fourth-order valence-electron chi connectivity index (χ4n) is 3.68. The average Bonchev–Trinajstić information content (AvgIpc) is 2.71. The van der Waals surface area contributed by atoms with Crippen LogP contribution in [0.5, 0.6) is 0 Å². The number of nitro groups is 1. The number of nitrogens with one attached hydrogen (secondary N) is 1. The van der Waals surface area contributed by atoms with Crippen LogP contribution in [0.4, 0.5) is 5.69 Å². The van der Waals surface area contributed by atoms with E-state index in [4.69, 9.17) is 0 Å². The Morgan fingerprint density at radius 2 is 1.83 bits per heavy atom. The average molecular weight is 411 g/mol. The number of hydrogen-bond donors (Lipinski definition) is 1. The van der Waals surface area contributed by atoms with Crippen LogP contribution in [-0.4, -0.2) is 65.9 Å². The molecule has 0 spiro atoms. The van der Waals surface area contributed by atoms with Crippen LogP contribution in [0, 0.1) is 10.1 Å². The van der Waals surface area contributed by atoms with Crippen molar-refractivity contribution < 1.29 is 19.0 Å². The maximum atomic E-state index is 12.6. The Labute approximate surface area is 175 Å². The van der Waals surface area contributed by atoms with Gasteiger partial charge in [0.15, 0.2) is 6.54 Å². The van der Waals surface area contributed by atoms with Gasteiger partial charge in [-0.2, -0.15) is 0 Å². The van der Waals surface area contributed by atoms with Gasteiger partial charge in [0, 0.05) is 24.2 Å². The third-order valence-corrected chi connectivity index (χ3v) is 5.40. The first kappa shape index (κ1) is 21.4. The second kappa shape index (κ2) is 9.49. The van der Waals surface area contributed by atoms with E-state index in [9.17, 15) is 19.7 Å². The van der Waals surface area contributed by atoms with Crippen LogP contribution in [0.25, 0.3) is 0 Å². The summed E-state index contributed by atoms with van der Waals surface area (Å²) < 4.78 is 0.640. The van der Waals surface area contributed by atoms with Crippen molar-refractivity contribution in [3.05, 3.63) is 75.8 Å². The predicted molar refractivity (Wildman–Crippen MR) is 112 cm³/mol. The van der Waals surface area contributed by atoms with Gasteiger partial charge >= 0.3 is 0 Å². The van der Waals surface area contributed by atoms with Crippen molar-refractivity contribution in [3.8, 4) is 0 Å². The highest BCUT2D eigenvalue weighted by Crippen LogP contribution is 2.16. The Morgan fingerprint density at radius 1 is 1.13 bits per heavy atom. The molecular formula is C22H27N4O4+. The Hall–Kier alpha value is -3.26. The van der Waals surface area contributed by atoms with Crippen molar-refractivity contribution in [2.45, 2.75) is 13.0 Å². The number of nitrogens with zero attached hydrogens (tertiary/aromatic N) is 3. The fraction of sp³-hybridized carbons (Fsp3) is 0.364. The first-order valence-electron chi connectivity index (χ1n) is 10.00. The third kappa shape index (κ3) is 5.87. The molecule has 8 heteroatoms. The first-order valence-corrected chi connectivity index (χ1v) is 10.00. The number of quaternary nitrogens is 1. The monoisotopic (exact) mass is 411 g/mol. The zero-order chi connectivity index (χ0) is 21.6. The lowest BCUT2D eigenvalue weighted by atomic mass is 10.1. The van der Waals surface area contributed by atoms with Gasteiger partial charge in [-0.15, -0.1) is 0 Å². The van der Waals surface area contributed by atoms with E-state index in [-0.39, 0.29) is 24.0 Å². The summed E-state index contributed by atoms with van der Waals surface area (Å²) in [6, 6.07) is 16.4. The highest BCUT2D eigenvalue weighted by atomic mass is 16.6. The van der Waals surface area contributed by atoms with E-state index in [1.165, 1.54) is 17.7 Å².